The number of methoxy groups -OCH3 is 2. The first-order valence-electron chi connectivity index (χ1n) is 7.33. The molecular formula is C15H22N2O7. The summed E-state index contributed by atoms with van der Waals surface area (Å²) in [6, 6.07) is 2.62. The van der Waals surface area contributed by atoms with Gasteiger partial charge in [-0.3, -0.25) is 10.1 Å². The van der Waals surface area contributed by atoms with E-state index in [0.717, 1.165) is 13.2 Å². The topological polar surface area (TPSA) is 109 Å². The Labute approximate surface area is 140 Å². The molecule has 0 amide bonds. The highest BCUT2D eigenvalue weighted by atomic mass is 16.6. The first kappa shape index (κ1) is 19.7. The van der Waals surface area contributed by atoms with Gasteiger partial charge in [-0.05, 0) is 12.5 Å². The molecule has 0 unspecified atom stereocenters. The standard InChI is InChI=1S/C12H16N2O6.C3H6O/c1-13-9-6-8(12(15)19-3)7-10(11(9)14(16)17)20-5-4-18-2;1-2-4-3-1/h6-7,13H,4-5H2,1-3H3;1-3H2. The summed E-state index contributed by atoms with van der Waals surface area (Å²) in [5, 5.41) is 13.8. The van der Waals surface area contributed by atoms with Gasteiger partial charge in [-0.2, -0.15) is 0 Å². The van der Waals surface area contributed by atoms with Gasteiger partial charge in [-0.15, -0.1) is 0 Å². The monoisotopic (exact) mass is 342 g/mol. The van der Waals surface area contributed by atoms with E-state index in [1.54, 1.807) is 0 Å². The van der Waals surface area contributed by atoms with E-state index in [-0.39, 0.29) is 35.9 Å². The maximum atomic E-state index is 11.5. The fourth-order valence-corrected chi connectivity index (χ4v) is 1.71. The molecule has 24 heavy (non-hydrogen) atoms. The van der Waals surface area contributed by atoms with Gasteiger partial charge in [0.05, 0.1) is 24.2 Å². The molecule has 1 aromatic rings. The van der Waals surface area contributed by atoms with Crippen molar-refractivity contribution < 1.29 is 28.7 Å². The van der Waals surface area contributed by atoms with Gasteiger partial charge in [-0.1, -0.05) is 0 Å². The quantitative estimate of drug-likeness (QED) is 0.346. The molecule has 0 aromatic heterocycles. The summed E-state index contributed by atoms with van der Waals surface area (Å²) in [5.41, 5.74) is 0.0939. The number of nitro groups is 1. The summed E-state index contributed by atoms with van der Waals surface area (Å²) in [6.45, 7) is 2.40. The first-order valence-corrected chi connectivity index (χ1v) is 7.33. The van der Waals surface area contributed by atoms with Crippen LogP contribution in [-0.4, -0.2) is 58.6 Å². The minimum absolute atomic E-state index is 0.0145. The Hall–Kier alpha value is -2.39. The van der Waals surface area contributed by atoms with Crippen molar-refractivity contribution in [1.82, 2.24) is 0 Å². The molecule has 2 rings (SSSR count). The minimum Gasteiger partial charge on any atom is -0.484 e. The van der Waals surface area contributed by atoms with Gasteiger partial charge in [0.25, 0.3) is 0 Å². The molecule has 9 heteroatoms. The SMILES string of the molecule is C1COC1.CNc1cc(C(=O)OC)cc(OCCOC)c1[N+](=O)[O-]. The van der Waals surface area contributed by atoms with E-state index >= 15 is 0 Å². The highest BCUT2D eigenvalue weighted by Gasteiger charge is 2.24. The van der Waals surface area contributed by atoms with Crippen LogP contribution in [0.25, 0.3) is 0 Å². The number of nitrogens with zero attached hydrogens (tertiary/aromatic N) is 1. The van der Waals surface area contributed by atoms with E-state index in [4.69, 9.17) is 14.2 Å². The van der Waals surface area contributed by atoms with Gasteiger partial charge < -0.3 is 24.3 Å². The van der Waals surface area contributed by atoms with Crippen molar-refractivity contribution in [2.24, 2.45) is 0 Å². The minimum atomic E-state index is -0.604. The normalized spacial score (nSPS) is 12.3. The summed E-state index contributed by atoms with van der Waals surface area (Å²) in [7, 11) is 4.23. The molecule has 1 aliphatic rings. The second-order valence-corrected chi connectivity index (χ2v) is 4.68. The van der Waals surface area contributed by atoms with Crippen LogP contribution in [0.15, 0.2) is 12.1 Å². The van der Waals surface area contributed by atoms with Crippen LogP contribution in [0.2, 0.25) is 0 Å². The molecule has 1 saturated heterocycles. The predicted molar refractivity (Wildman–Crippen MR) is 86.8 cm³/mol. The summed E-state index contributed by atoms with van der Waals surface area (Å²) < 4.78 is 19.4. The lowest BCUT2D eigenvalue weighted by molar-refractivity contribution is -0.385. The molecule has 0 saturated carbocycles. The lowest BCUT2D eigenvalue weighted by Gasteiger charge is -2.11. The van der Waals surface area contributed by atoms with Crippen LogP contribution in [0.5, 0.6) is 5.75 Å². The summed E-state index contributed by atoms with van der Waals surface area (Å²) in [5.74, 6) is -0.618. The third kappa shape index (κ3) is 5.67. The van der Waals surface area contributed by atoms with Crippen LogP contribution in [0.4, 0.5) is 11.4 Å². The number of esters is 1. The number of nitro benzene ring substituents is 1. The second kappa shape index (κ2) is 10.4. The van der Waals surface area contributed by atoms with Gasteiger partial charge in [-0.25, -0.2) is 4.79 Å². The maximum absolute atomic E-state index is 11.5. The van der Waals surface area contributed by atoms with Gasteiger partial charge in [0, 0.05) is 33.4 Å². The van der Waals surface area contributed by atoms with Crippen LogP contribution in [0.1, 0.15) is 16.8 Å². The lowest BCUT2D eigenvalue weighted by Crippen LogP contribution is -2.10. The lowest BCUT2D eigenvalue weighted by atomic mass is 10.1. The molecule has 1 N–H and O–H groups in total. The zero-order valence-corrected chi connectivity index (χ0v) is 14.0. The highest BCUT2D eigenvalue weighted by Crippen LogP contribution is 2.36. The van der Waals surface area contributed by atoms with E-state index in [0.29, 0.717) is 0 Å². The zero-order valence-electron chi connectivity index (χ0n) is 14.0. The van der Waals surface area contributed by atoms with Crippen molar-refractivity contribution >= 4 is 17.3 Å². The highest BCUT2D eigenvalue weighted by molar-refractivity contribution is 5.93. The number of rotatable bonds is 7. The molecule has 1 heterocycles. The van der Waals surface area contributed by atoms with Crippen molar-refractivity contribution in [3.8, 4) is 5.75 Å². The van der Waals surface area contributed by atoms with Crippen LogP contribution in [0.3, 0.4) is 0 Å². The summed E-state index contributed by atoms with van der Waals surface area (Å²) in [6.07, 6.45) is 1.28. The van der Waals surface area contributed by atoms with Gasteiger partial charge >= 0.3 is 11.7 Å². The second-order valence-electron chi connectivity index (χ2n) is 4.68. The van der Waals surface area contributed by atoms with Gasteiger partial charge in [0.2, 0.25) is 0 Å². The molecule has 9 nitrogen and oxygen atoms in total. The molecule has 0 bridgehead atoms. The van der Waals surface area contributed by atoms with Crippen molar-refractivity contribution in [1.29, 1.82) is 0 Å². The number of carbonyl (C=O) groups excluding carboxylic acids is 1. The Balaban J connectivity index is 0.000000624. The predicted octanol–water partition coefficient (Wildman–Crippen LogP) is 1.85. The zero-order chi connectivity index (χ0) is 17.9. The first-order chi connectivity index (χ1) is 11.5. The Bertz CT molecular complexity index is 555. The van der Waals surface area contributed by atoms with Crippen molar-refractivity contribution in [3.05, 3.63) is 27.8 Å². The average molecular weight is 342 g/mol. The fourth-order valence-electron chi connectivity index (χ4n) is 1.71. The molecule has 0 spiro atoms. The Morgan fingerprint density at radius 2 is 1.96 bits per heavy atom. The molecule has 1 aromatic carbocycles. The molecule has 0 atom stereocenters. The molecule has 1 aliphatic heterocycles. The van der Waals surface area contributed by atoms with E-state index in [1.807, 2.05) is 0 Å². The van der Waals surface area contributed by atoms with E-state index in [1.165, 1.54) is 39.8 Å². The Morgan fingerprint density at radius 3 is 2.38 bits per heavy atom. The molecular weight excluding hydrogens is 320 g/mol. The van der Waals surface area contributed by atoms with Crippen molar-refractivity contribution in [2.75, 3.05) is 53.0 Å². The van der Waals surface area contributed by atoms with E-state index in [9.17, 15) is 14.9 Å². The molecule has 1 fully saturated rings. The number of ether oxygens (including phenoxy) is 4. The molecule has 0 radical (unpaired) electrons. The number of anilines is 1. The smallest absolute Gasteiger partial charge is 0.338 e. The van der Waals surface area contributed by atoms with Crippen LogP contribution >= 0.6 is 0 Å². The van der Waals surface area contributed by atoms with E-state index < -0.39 is 10.9 Å². The maximum Gasteiger partial charge on any atom is 0.338 e. The summed E-state index contributed by atoms with van der Waals surface area (Å²) in [4.78, 5) is 22.1. The number of benzene rings is 1. The van der Waals surface area contributed by atoms with Gasteiger partial charge in [0.15, 0.2) is 5.75 Å². The number of hydrogen-bond acceptors (Lipinski definition) is 8. The van der Waals surface area contributed by atoms with Crippen LogP contribution < -0.4 is 10.1 Å². The number of hydrogen-bond donors (Lipinski definition) is 1. The number of nitrogens with one attached hydrogen (secondary N) is 1. The Kier molecular flexibility index (Phi) is 8.52. The Morgan fingerprint density at radius 1 is 1.33 bits per heavy atom. The number of carbonyl (C=O) groups is 1. The summed E-state index contributed by atoms with van der Waals surface area (Å²) >= 11 is 0. The average Bonchev–Trinajstić information content (AvgIpc) is 2.51. The van der Waals surface area contributed by atoms with Crippen LogP contribution in [0, 0.1) is 10.1 Å². The van der Waals surface area contributed by atoms with Crippen molar-refractivity contribution in [3.63, 3.8) is 0 Å². The van der Waals surface area contributed by atoms with Crippen LogP contribution in [-0.2, 0) is 14.2 Å². The van der Waals surface area contributed by atoms with E-state index in [2.05, 4.69) is 10.1 Å². The third-order valence-electron chi connectivity index (χ3n) is 3.07. The largest absolute Gasteiger partial charge is 0.484 e. The third-order valence-corrected chi connectivity index (χ3v) is 3.07. The van der Waals surface area contributed by atoms with Crippen molar-refractivity contribution in [2.45, 2.75) is 6.42 Å². The molecule has 134 valence electrons. The molecule has 0 aliphatic carbocycles. The van der Waals surface area contributed by atoms with Gasteiger partial charge in [0.1, 0.15) is 12.3 Å². The fraction of sp³-hybridized carbons (Fsp3) is 0.533.